The number of nitrogens with one attached hydrogen (secondary N) is 1. The van der Waals surface area contributed by atoms with Crippen LogP contribution in [0.3, 0.4) is 0 Å². The largest absolute Gasteiger partial charge is 0.348 e. The first kappa shape index (κ1) is 11.4. The number of aromatic nitrogens is 2. The summed E-state index contributed by atoms with van der Waals surface area (Å²) in [7, 11) is 0. The molecular formula is C11H15N3OS. The molecule has 2 rings (SSSR count). The van der Waals surface area contributed by atoms with E-state index < -0.39 is 0 Å². The van der Waals surface area contributed by atoms with E-state index in [4.69, 9.17) is 0 Å². The van der Waals surface area contributed by atoms with Gasteiger partial charge in [0.05, 0.1) is 0 Å². The molecule has 16 heavy (non-hydrogen) atoms. The van der Waals surface area contributed by atoms with Gasteiger partial charge in [-0.15, -0.1) is 0 Å². The van der Waals surface area contributed by atoms with Crippen LogP contribution in [0.2, 0.25) is 0 Å². The van der Waals surface area contributed by atoms with Gasteiger partial charge in [0.1, 0.15) is 5.69 Å². The van der Waals surface area contributed by atoms with Gasteiger partial charge in [0.25, 0.3) is 5.91 Å². The number of carbonyl (C=O) groups excluding carboxylic acids is 1. The third kappa shape index (κ3) is 2.95. The normalized spacial score (nSPS) is 14.9. The second-order valence-electron chi connectivity index (χ2n) is 3.86. The molecule has 1 aromatic heterocycles. The van der Waals surface area contributed by atoms with Crippen LogP contribution < -0.4 is 5.32 Å². The molecule has 1 aliphatic rings. The molecule has 1 saturated carbocycles. The van der Waals surface area contributed by atoms with Crippen LogP contribution in [0.1, 0.15) is 35.9 Å². The minimum absolute atomic E-state index is 0.0778. The van der Waals surface area contributed by atoms with Crippen LogP contribution in [0, 0.1) is 6.92 Å². The van der Waals surface area contributed by atoms with E-state index in [0.29, 0.717) is 16.9 Å². The molecule has 4 nitrogen and oxygen atoms in total. The Kier molecular flexibility index (Phi) is 3.43. The number of nitrogens with zero attached hydrogens (tertiary/aromatic N) is 2. The molecule has 86 valence electrons. The fourth-order valence-electron chi connectivity index (χ4n) is 1.34. The molecule has 1 fully saturated rings. The van der Waals surface area contributed by atoms with Crippen LogP contribution >= 0.6 is 11.8 Å². The van der Waals surface area contributed by atoms with Crippen molar-refractivity contribution in [2.45, 2.75) is 37.9 Å². The second-order valence-corrected chi connectivity index (χ2v) is 5.09. The lowest BCUT2D eigenvalue weighted by Crippen LogP contribution is -2.26. The summed E-state index contributed by atoms with van der Waals surface area (Å²) < 4.78 is 0. The Labute approximate surface area is 99.3 Å². The van der Waals surface area contributed by atoms with E-state index in [1.54, 1.807) is 17.8 Å². The summed E-state index contributed by atoms with van der Waals surface area (Å²) in [5.74, 6) is 0.832. The average molecular weight is 237 g/mol. The Morgan fingerprint density at radius 3 is 2.94 bits per heavy atom. The zero-order chi connectivity index (χ0) is 11.5. The highest BCUT2D eigenvalue weighted by molar-refractivity contribution is 7.99. The Hall–Kier alpha value is -1.10. The summed E-state index contributed by atoms with van der Waals surface area (Å²) in [4.78, 5) is 20.3. The van der Waals surface area contributed by atoms with E-state index in [2.05, 4.69) is 15.3 Å². The average Bonchev–Trinajstić information content (AvgIpc) is 3.01. The third-order valence-corrected chi connectivity index (χ3v) is 2.98. The van der Waals surface area contributed by atoms with E-state index in [-0.39, 0.29) is 5.91 Å². The van der Waals surface area contributed by atoms with Crippen molar-refractivity contribution < 1.29 is 4.79 Å². The van der Waals surface area contributed by atoms with Crippen molar-refractivity contribution in [2.24, 2.45) is 0 Å². The van der Waals surface area contributed by atoms with Crippen LogP contribution in [-0.4, -0.2) is 27.7 Å². The van der Waals surface area contributed by atoms with Gasteiger partial charge >= 0.3 is 0 Å². The van der Waals surface area contributed by atoms with Gasteiger partial charge in [-0.3, -0.25) is 4.79 Å². The molecule has 0 aromatic carbocycles. The SMILES string of the molecule is CCSc1nc(C)cc(C(=O)NC2CC2)n1. The number of rotatable bonds is 4. The van der Waals surface area contributed by atoms with E-state index in [1.165, 1.54) is 0 Å². The highest BCUT2D eigenvalue weighted by Crippen LogP contribution is 2.19. The summed E-state index contributed by atoms with van der Waals surface area (Å²) in [6.07, 6.45) is 2.18. The highest BCUT2D eigenvalue weighted by atomic mass is 32.2. The lowest BCUT2D eigenvalue weighted by Gasteiger charge is -2.05. The van der Waals surface area contributed by atoms with Gasteiger partial charge in [-0.25, -0.2) is 9.97 Å². The number of carbonyl (C=O) groups is 1. The molecule has 1 aromatic rings. The topological polar surface area (TPSA) is 54.9 Å². The molecule has 0 bridgehead atoms. The first-order valence-electron chi connectivity index (χ1n) is 5.48. The molecule has 0 spiro atoms. The maximum absolute atomic E-state index is 11.8. The van der Waals surface area contributed by atoms with E-state index in [1.807, 2.05) is 13.8 Å². The van der Waals surface area contributed by atoms with Crippen molar-refractivity contribution in [3.63, 3.8) is 0 Å². The van der Waals surface area contributed by atoms with Gasteiger partial charge in [0.15, 0.2) is 5.16 Å². The van der Waals surface area contributed by atoms with Gasteiger partial charge < -0.3 is 5.32 Å². The van der Waals surface area contributed by atoms with Crippen LogP contribution in [0.15, 0.2) is 11.2 Å². The molecule has 1 aliphatic carbocycles. The molecular weight excluding hydrogens is 222 g/mol. The Morgan fingerprint density at radius 2 is 2.31 bits per heavy atom. The molecule has 5 heteroatoms. The van der Waals surface area contributed by atoms with Crippen molar-refractivity contribution in [1.82, 2.24) is 15.3 Å². The lowest BCUT2D eigenvalue weighted by molar-refractivity contribution is 0.0945. The van der Waals surface area contributed by atoms with E-state index >= 15 is 0 Å². The van der Waals surface area contributed by atoms with Gasteiger partial charge in [-0.2, -0.15) is 0 Å². The van der Waals surface area contributed by atoms with Crippen LogP contribution in [0.5, 0.6) is 0 Å². The zero-order valence-electron chi connectivity index (χ0n) is 9.49. The van der Waals surface area contributed by atoms with Crippen LogP contribution in [0.25, 0.3) is 0 Å². The van der Waals surface area contributed by atoms with E-state index in [0.717, 1.165) is 24.3 Å². The molecule has 1 N–H and O–H groups in total. The molecule has 0 saturated heterocycles. The summed E-state index contributed by atoms with van der Waals surface area (Å²) in [5, 5.41) is 3.61. The molecule has 0 unspecified atom stereocenters. The summed E-state index contributed by atoms with van der Waals surface area (Å²) in [6.45, 7) is 3.93. The zero-order valence-corrected chi connectivity index (χ0v) is 10.3. The van der Waals surface area contributed by atoms with Gasteiger partial charge in [0.2, 0.25) is 0 Å². The van der Waals surface area contributed by atoms with Crippen molar-refractivity contribution in [2.75, 3.05) is 5.75 Å². The first-order chi connectivity index (χ1) is 7.69. The monoisotopic (exact) mass is 237 g/mol. The Balaban J connectivity index is 2.14. The minimum Gasteiger partial charge on any atom is -0.348 e. The van der Waals surface area contributed by atoms with Crippen LogP contribution in [-0.2, 0) is 0 Å². The third-order valence-electron chi connectivity index (χ3n) is 2.25. The highest BCUT2D eigenvalue weighted by Gasteiger charge is 2.24. The molecule has 0 radical (unpaired) electrons. The second kappa shape index (κ2) is 4.82. The van der Waals surface area contributed by atoms with Crippen LogP contribution in [0.4, 0.5) is 0 Å². The van der Waals surface area contributed by atoms with Crippen molar-refractivity contribution in [3.8, 4) is 0 Å². The summed E-state index contributed by atoms with van der Waals surface area (Å²) in [6, 6.07) is 2.10. The number of aryl methyl sites for hydroxylation is 1. The molecule has 1 heterocycles. The lowest BCUT2D eigenvalue weighted by atomic mass is 10.3. The smallest absolute Gasteiger partial charge is 0.270 e. The Bertz CT molecular complexity index is 404. The molecule has 0 atom stereocenters. The maximum Gasteiger partial charge on any atom is 0.270 e. The maximum atomic E-state index is 11.8. The molecule has 0 aliphatic heterocycles. The minimum atomic E-state index is -0.0778. The number of amides is 1. The van der Waals surface area contributed by atoms with Gasteiger partial charge in [-0.05, 0) is 31.6 Å². The predicted octanol–water partition coefficient (Wildman–Crippen LogP) is 1.79. The fourth-order valence-corrected chi connectivity index (χ4v) is 1.97. The van der Waals surface area contributed by atoms with Crippen molar-refractivity contribution >= 4 is 17.7 Å². The van der Waals surface area contributed by atoms with Crippen molar-refractivity contribution in [3.05, 3.63) is 17.5 Å². The van der Waals surface area contributed by atoms with Gasteiger partial charge in [-0.1, -0.05) is 18.7 Å². The number of hydrogen-bond acceptors (Lipinski definition) is 4. The number of thioether (sulfide) groups is 1. The Morgan fingerprint density at radius 1 is 1.56 bits per heavy atom. The van der Waals surface area contributed by atoms with E-state index in [9.17, 15) is 4.79 Å². The number of hydrogen-bond donors (Lipinski definition) is 1. The summed E-state index contributed by atoms with van der Waals surface area (Å²) >= 11 is 1.55. The quantitative estimate of drug-likeness (QED) is 0.640. The first-order valence-corrected chi connectivity index (χ1v) is 6.47. The van der Waals surface area contributed by atoms with Gasteiger partial charge in [0, 0.05) is 11.7 Å². The fraction of sp³-hybridized carbons (Fsp3) is 0.545. The van der Waals surface area contributed by atoms with Crippen molar-refractivity contribution in [1.29, 1.82) is 0 Å². The predicted molar refractivity (Wildman–Crippen MR) is 63.7 cm³/mol. The molecule has 1 amide bonds. The summed E-state index contributed by atoms with van der Waals surface area (Å²) in [5.41, 5.74) is 1.32. The standard InChI is InChI=1S/C11H15N3OS/c1-3-16-11-12-7(2)6-9(14-11)10(15)13-8-4-5-8/h6,8H,3-5H2,1-2H3,(H,13,15).